The minimum Gasteiger partial charge on any atom is -0.481 e. The van der Waals surface area contributed by atoms with Crippen molar-refractivity contribution in [1.29, 1.82) is 0 Å². The van der Waals surface area contributed by atoms with Crippen molar-refractivity contribution in [3.63, 3.8) is 0 Å². The number of carboxylic acids is 1. The van der Waals surface area contributed by atoms with Crippen LogP contribution in [0.3, 0.4) is 0 Å². The van der Waals surface area contributed by atoms with Crippen LogP contribution in [0.1, 0.15) is 65.7 Å². The molecule has 0 spiro atoms. The Morgan fingerprint density at radius 1 is 1.27 bits per heavy atom. The Morgan fingerprint density at radius 2 is 2.00 bits per heavy atom. The average molecular weight is 302 g/mol. The van der Waals surface area contributed by atoms with Crippen LogP contribution in [0.5, 0.6) is 0 Å². The lowest BCUT2D eigenvalue weighted by molar-refractivity contribution is -0.164. The quantitative estimate of drug-likeness (QED) is 0.711. The van der Waals surface area contributed by atoms with E-state index in [1.165, 1.54) is 12.8 Å². The zero-order chi connectivity index (χ0) is 16.2. The van der Waals surface area contributed by atoms with Crippen LogP contribution in [0, 0.1) is 28.1 Å². The van der Waals surface area contributed by atoms with Crippen LogP contribution in [0.2, 0.25) is 0 Å². The van der Waals surface area contributed by atoms with E-state index in [-0.39, 0.29) is 10.8 Å². The van der Waals surface area contributed by atoms with E-state index in [0.717, 1.165) is 32.1 Å². The van der Waals surface area contributed by atoms with Gasteiger partial charge in [-0.2, -0.15) is 0 Å². The lowest BCUT2D eigenvalue weighted by Crippen LogP contribution is -2.54. The molecule has 5 atom stereocenters. The topological polar surface area (TPSA) is 37.3 Å². The summed E-state index contributed by atoms with van der Waals surface area (Å²) in [5.41, 5.74) is 1.36. The number of allylic oxidation sites excluding steroid dienone is 3. The molecule has 22 heavy (non-hydrogen) atoms. The maximum atomic E-state index is 12.0. The van der Waals surface area contributed by atoms with Gasteiger partial charge in [0.05, 0.1) is 5.41 Å². The first-order valence-corrected chi connectivity index (χ1v) is 8.84. The number of fused-ring (bicyclic) bond motifs is 3. The van der Waals surface area contributed by atoms with Crippen molar-refractivity contribution >= 4 is 5.97 Å². The summed E-state index contributed by atoms with van der Waals surface area (Å²) in [7, 11) is 0. The fourth-order valence-corrected chi connectivity index (χ4v) is 5.94. The second kappa shape index (κ2) is 4.97. The number of hydrogen-bond donors (Lipinski definition) is 1. The largest absolute Gasteiger partial charge is 0.481 e. The molecule has 0 aliphatic heterocycles. The predicted octanol–water partition coefficient (Wildman–Crippen LogP) is 5.21. The Balaban J connectivity index is 1.99. The summed E-state index contributed by atoms with van der Waals surface area (Å²) in [5.74, 6) is 0.322. The van der Waals surface area contributed by atoms with E-state index in [1.54, 1.807) is 5.57 Å². The van der Waals surface area contributed by atoms with Gasteiger partial charge in [0, 0.05) is 5.41 Å². The maximum Gasteiger partial charge on any atom is 0.309 e. The Bertz CT molecular complexity index is 534. The molecule has 0 aromatic carbocycles. The van der Waals surface area contributed by atoms with Crippen LogP contribution in [0.4, 0.5) is 0 Å². The molecule has 2 heteroatoms. The van der Waals surface area contributed by atoms with Crippen molar-refractivity contribution in [3.8, 4) is 0 Å². The van der Waals surface area contributed by atoms with Gasteiger partial charge in [-0.1, -0.05) is 38.0 Å². The molecule has 1 N–H and O–H groups in total. The monoisotopic (exact) mass is 302 g/mol. The van der Waals surface area contributed by atoms with E-state index in [9.17, 15) is 9.90 Å². The molecule has 0 amide bonds. The molecule has 0 saturated heterocycles. The number of carboxylic acid groups (broad SMARTS) is 1. The summed E-state index contributed by atoms with van der Waals surface area (Å²) in [6, 6.07) is 0. The van der Waals surface area contributed by atoms with Crippen molar-refractivity contribution < 1.29 is 9.90 Å². The first-order valence-electron chi connectivity index (χ1n) is 8.84. The van der Waals surface area contributed by atoms with Crippen molar-refractivity contribution in [2.45, 2.75) is 65.7 Å². The van der Waals surface area contributed by atoms with Crippen LogP contribution in [0.15, 0.2) is 24.3 Å². The zero-order valence-electron chi connectivity index (χ0n) is 14.3. The molecule has 0 bridgehead atoms. The standard InChI is InChI=1S/C20H30O2/c1-5-18(2)12-9-15-14(13-18)7-8-16-19(15,3)10-6-11-20(16,4)17(21)22/h5,13,15-16H,1,6-12H2,2-4H3,(H,21,22)/t15-,16-,18+,19+,20-/m1/s1. The molecule has 0 aromatic heterocycles. The predicted molar refractivity (Wildman–Crippen MR) is 89.5 cm³/mol. The van der Waals surface area contributed by atoms with Crippen molar-refractivity contribution in [1.82, 2.24) is 0 Å². The van der Waals surface area contributed by atoms with Crippen LogP contribution >= 0.6 is 0 Å². The van der Waals surface area contributed by atoms with E-state index >= 15 is 0 Å². The summed E-state index contributed by atoms with van der Waals surface area (Å²) in [6.07, 6.45) is 12.1. The van der Waals surface area contributed by atoms with E-state index in [0.29, 0.717) is 11.8 Å². The second-order valence-electron chi connectivity index (χ2n) is 8.69. The minimum absolute atomic E-state index is 0.139. The summed E-state index contributed by atoms with van der Waals surface area (Å²) in [4.78, 5) is 12.0. The first-order chi connectivity index (χ1) is 10.3. The van der Waals surface area contributed by atoms with Gasteiger partial charge < -0.3 is 5.11 Å². The minimum atomic E-state index is -0.581. The van der Waals surface area contributed by atoms with Gasteiger partial charge in [-0.25, -0.2) is 0 Å². The molecule has 3 aliphatic carbocycles. The van der Waals surface area contributed by atoms with Crippen molar-refractivity contribution in [3.05, 3.63) is 24.3 Å². The molecular weight excluding hydrogens is 272 g/mol. The van der Waals surface area contributed by atoms with Gasteiger partial charge in [-0.15, -0.1) is 6.58 Å². The second-order valence-corrected chi connectivity index (χ2v) is 8.69. The fraction of sp³-hybridized carbons (Fsp3) is 0.750. The fourth-order valence-electron chi connectivity index (χ4n) is 5.94. The number of aliphatic carboxylic acids is 1. The molecule has 0 radical (unpaired) electrons. The highest BCUT2D eigenvalue weighted by Crippen LogP contribution is 2.63. The van der Waals surface area contributed by atoms with Gasteiger partial charge in [-0.05, 0) is 62.7 Å². The Hall–Kier alpha value is -1.05. The molecule has 3 rings (SSSR count). The van der Waals surface area contributed by atoms with Gasteiger partial charge in [0.1, 0.15) is 0 Å². The molecule has 0 unspecified atom stereocenters. The third-order valence-electron chi connectivity index (χ3n) is 7.38. The summed E-state index contributed by atoms with van der Waals surface area (Å²) in [6.45, 7) is 10.7. The highest BCUT2D eigenvalue weighted by molar-refractivity contribution is 5.75. The average Bonchev–Trinajstić information content (AvgIpc) is 2.46. The highest BCUT2D eigenvalue weighted by Gasteiger charge is 2.58. The zero-order valence-corrected chi connectivity index (χ0v) is 14.3. The van der Waals surface area contributed by atoms with E-state index in [4.69, 9.17) is 0 Å². The molecule has 2 fully saturated rings. The normalized spacial score (nSPS) is 47.9. The number of rotatable bonds is 2. The van der Waals surface area contributed by atoms with Crippen LogP contribution in [-0.4, -0.2) is 11.1 Å². The summed E-state index contributed by atoms with van der Waals surface area (Å²) in [5, 5.41) is 9.84. The third kappa shape index (κ3) is 2.10. The maximum absolute atomic E-state index is 12.0. The smallest absolute Gasteiger partial charge is 0.309 e. The molecule has 0 aromatic rings. The van der Waals surface area contributed by atoms with Gasteiger partial charge in [0.25, 0.3) is 0 Å². The molecule has 3 aliphatic rings. The molecule has 122 valence electrons. The van der Waals surface area contributed by atoms with E-state index < -0.39 is 11.4 Å². The summed E-state index contributed by atoms with van der Waals surface area (Å²) >= 11 is 0. The van der Waals surface area contributed by atoms with E-state index in [1.807, 2.05) is 6.92 Å². The molecule has 0 heterocycles. The number of hydrogen-bond acceptors (Lipinski definition) is 1. The Morgan fingerprint density at radius 3 is 2.64 bits per heavy atom. The van der Waals surface area contributed by atoms with Gasteiger partial charge in [-0.3, -0.25) is 4.79 Å². The lowest BCUT2D eigenvalue weighted by Gasteiger charge is -2.59. The Kier molecular flexibility index (Phi) is 3.58. The SMILES string of the molecule is C=C[C@]1(C)C=C2CC[C@@H]3[C@@](C)(CCC[C@@]3(C)C(=O)O)[C@@H]2CC1. The highest BCUT2D eigenvalue weighted by atomic mass is 16.4. The van der Waals surface area contributed by atoms with Crippen LogP contribution in [0.25, 0.3) is 0 Å². The Labute approximate surface area is 134 Å². The van der Waals surface area contributed by atoms with Gasteiger partial charge in [0.2, 0.25) is 0 Å². The van der Waals surface area contributed by atoms with Crippen molar-refractivity contribution in [2.24, 2.45) is 28.1 Å². The van der Waals surface area contributed by atoms with Crippen LogP contribution < -0.4 is 0 Å². The van der Waals surface area contributed by atoms with Gasteiger partial charge >= 0.3 is 5.97 Å². The van der Waals surface area contributed by atoms with Crippen LogP contribution in [-0.2, 0) is 4.79 Å². The summed E-state index contributed by atoms with van der Waals surface area (Å²) < 4.78 is 0. The lowest BCUT2D eigenvalue weighted by atomic mass is 9.45. The third-order valence-corrected chi connectivity index (χ3v) is 7.38. The molecular formula is C20H30O2. The van der Waals surface area contributed by atoms with E-state index in [2.05, 4.69) is 32.6 Å². The molecule has 2 saturated carbocycles. The van der Waals surface area contributed by atoms with Gasteiger partial charge in [0.15, 0.2) is 0 Å². The molecule has 2 nitrogen and oxygen atoms in total. The van der Waals surface area contributed by atoms with Crippen molar-refractivity contribution in [2.75, 3.05) is 0 Å². The first kappa shape index (κ1) is 15.8. The number of carbonyl (C=O) groups is 1.